The van der Waals surface area contributed by atoms with Crippen molar-refractivity contribution in [1.82, 2.24) is 14.7 Å². The fourth-order valence-corrected chi connectivity index (χ4v) is 5.13. The molecule has 0 spiro atoms. The Morgan fingerprint density at radius 1 is 0.630 bits per heavy atom. The van der Waals surface area contributed by atoms with Crippen LogP contribution in [0, 0.1) is 0 Å². The number of hydrogen-bond donors (Lipinski definition) is 0. The lowest BCUT2D eigenvalue weighted by molar-refractivity contribution is 0.0843. The van der Waals surface area contributed by atoms with Gasteiger partial charge < -0.3 is 19.1 Å². The first-order valence-electron chi connectivity index (χ1n) is 11.8. The molecule has 0 aliphatic carbocycles. The van der Waals surface area contributed by atoms with Crippen LogP contribution < -0.4 is 0 Å². The summed E-state index contributed by atoms with van der Waals surface area (Å²) in [5.74, 6) is 0. The minimum Gasteiger partial charge on any atom is -0.419 e. The van der Waals surface area contributed by atoms with E-state index in [9.17, 15) is 0 Å². The fourth-order valence-electron chi connectivity index (χ4n) is 3.51. The van der Waals surface area contributed by atoms with Gasteiger partial charge in [0.25, 0.3) is 0 Å². The van der Waals surface area contributed by atoms with Crippen LogP contribution in [0.15, 0.2) is 0 Å². The average molecular weight is 402 g/mol. The van der Waals surface area contributed by atoms with E-state index in [1.54, 1.807) is 0 Å². The zero-order valence-electron chi connectivity index (χ0n) is 19.9. The Morgan fingerprint density at radius 2 is 1.04 bits per heavy atom. The molecule has 0 rings (SSSR count). The highest BCUT2D eigenvalue weighted by Gasteiger charge is 2.19. The summed E-state index contributed by atoms with van der Waals surface area (Å²) < 4.78 is 6.33. The molecule has 0 fully saturated rings. The van der Waals surface area contributed by atoms with Gasteiger partial charge in [-0.1, -0.05) is 41.5 Å². The van der Waals surface area contributed by atoms with E-state index >= 15 is 0 Å². The van der Waals surface area contributed by atoms with E-state index < -0.39 is 9.76 Å². The largest absolute Gasteiger partial charge is 0.419 e. The first kappa shape index (κ1) is 27.1. The van der Waals surface area contributed by atoms with Gasteiger partial charge in [0.15, 0.2) is 9.76 Å². The highest BCUT2D eigenvalue weighted by molar-refractivity contribution is 6.27. The van der Waals surface area contributed by atoms with Gasteiger partial charge in [0.1, 0.15) is 0 Å². The van der Waals surface area contributed by atoms with E-state index in [-0.39, 0.29) is 5.60 Å². The molecule has 0 bridgehead atoms. The van der Waals surface area contributed by atoms with Gasteiger partial charge in [0, 0.05) is 0 Å². The van der Waals surface area contributed by atoms with Gasteiger partial charge in [-0.25, -0.2) is 0 Å². The Balaban J connectivity index is 4.32. The second kappa shape index (κ2) is 17.0. The summed E-state index contributed by atoms with van der Waals surface area (Å²) in [5.41, 5.74) is 0.128. The molecule has 0 heterocycles. The molecular weight excluding hydrogens is 350 g/mol. The molecule has 0 amide bonds. The zero-order chi connectivity index (χ0) is 20.5. The lowest BCUT2D eigenvalue weighted by Gasteiger charge is -2.29. The minimum atomic E-state index is -0.415. The maximum Gasteiger partial charge on any atom is 0.163 e. The Hall–Kier alpha value is 0.0569. The molecule has 0 saturated heterocycles. The van der Waals surface area contributed by atoms with E-state index in [2.05, 4.69) is 63.2 Å². The van der Waals surface area contributed by atoms with Gasteiger partial charge in [-0.05, 0) is 97.6 Å². The zero-order valence-corrected chi connectivity index (χ0v) is 21.3. The first-order chi connectivity index (χ1) is 13.0. The SMILES string of the molecule is CCN(CC)CCCN(CCCN(CC)CC)CC[SiH2]OC(C)(CC)CC. The summed E-state index contributed by atoms with van der Waals surface area (Å²) in [6, 6.07) is 1.28. The molecular formula is C22H51N3OSi. The van der Waals surface area contributed by atoms with Crippen molar-refractivity contribution in [2.45, 2.75) is 85.8 Å². The summed E-state index contributed by atoms with van der Waals surface area (Å²) >= 11 is 0. The minimum absolute atomic E-state index is 0.128. The Kier molecular flexibility index (Phi) is 17.0. The number of hydrogen-bond acceptors (Lipinski definition) is 4. The Bertz CT molecular complexity index is 301. The van der Waals surface area contributed by atoms with Crippen molar-refractivity contribution < 1.29 is 4.43 Å². The van der Waals surface area contributed by atoms with Crippen molar-refractivity contribution in [3.8, 4) is 0 Å². The monoisotopic (exact) mass is 401 g/mol. The highest BCUT2D eigenvalue weighted by Crippen LogP contribution is 2.18. The lowest BCUT2D eigenvalue weighted by atomic mass is 10.0. The molecule has 164 valence electrons. The number of nitrogens with zero attached hydrogens (tertiary/aromatic N) is 3. The molecule has 5 heteroatoms. The highest BCUT2D eigenvalue weighted by atomic mass is 28.2. The van der Waals surface area contributed by atoms with Crippen LogP contribution in [0.2, 0.25) is 6.04 Å². The molecule has 0 N–H and O–H groups in total. The van der Waals surface area contributed by atoms with E-state index in [1.807, 2.05) is 0 Å². The fraction of sp³-hybridized carbons (Fsp3) is 1.00. The van der Waals surface area contributed by atoms with Crippen LogP contribution in [0.3, 0.4) is 0 Å². The summed E-state index contributed by atoms with van der Waals surface area (Å²) in [5, 5.41) is 0. The van der Waals surface area contributed by atoms with Crippen molar-refractivity contribution in [2.24, 2.45) is 0 Å². The normalized spacial score (nSPS) is 13.1. The molecule has 0 aliphatic heterocycles. The van der Waals surface area contributed by atoms with Gasteiger partial charge in [0.05, 0.1) is 5.60 Å². The van der Waals surface area contributed by atoms with Crippen LogP contribution in [0.5, 0.6) is 0 Å². The lowest BCUT2D eigenvalue weighted by Crippen LogP contribution is -2.35. The molecule has 27 heavy (non-hydrogen) atoms. The summed E-state index contributed by atoms with van der Waals surface area (Å²) in [6.07, 6.45) is 4.84. The Labute approximate surface area is 173 Å². The van der Waals surface area contributed by atoms with Crippen molar-refractivity contribution in [1.29, 1.82) is 0 Å². The van der Waals surface area contributed by atoms with E-state index in [4.69, 9.17) is 4.43 Å². The quantitative estimate of drug-likeness (QED) is 0.242. The van der Waals surface area contributed by atoms with Gasteiger partial charge in [0.2, 0.25) is 0 Å². The molecule has 0 saturated carbocycles. The molecule has 0 aromatic heterocycles. The van der Waals surface area contributed by atoms with Gasteiger partial charge in [-0.15, -0.1) is 0 Å². The third-order valence-electron chi connectivity index (χ3n) is 6.25. The summed E-state index contributed by atoms with van der Waals surface area (Å²) in [4.78, 5) is 7.79. The maximum atomic E-state index is 6.33. The molecule has 4 nitrogen and oxygen atoms in total. The first-order valence-corrected chi connectivity index (χ1v) is 13.4. The van der Waals surface area contributed by atoms with Gasteiger partial charge in [-0.3, -0.25) is 0 Å². The smallest absolute Gasteiger partial charge is 0.163 e. The van der Waals surface area contributed by atoms with Crippen LogP contribution in [0.25, 0.3) is 0 Å². The van der Waals surface area contributed by atoms with E-state index in [0.29, 0.717) is 0 Å². The van der Waals surface area contributed by atoms with Crippen molar-refractivity contribution in [3.05, 3.63) is 0 Å². The molecule has 0 aliphatic rings. The maximum absolute atomic E-state index is 6.33. The topological polar surface area (TPSA) is 19.0 Å². The molecule has 0 unspecified atom stereocenters. The number of rotatable bonds is 19. The third kappa shape index (κ3) is 13.0. The van der Waals surface area contributed by atoms with E-state index in [0.717, 1.165) is 12.8 Å². The average Bonchev–Trinajstić information content (AvgIpc) is 2.70. The standard InChI is InChI=1S/C22H51N3OSi/c1-8-22(7,9-2)26-27-21-20-25(18-14-16-23(10-3)11-4)19-15-17-24(12-5)13-6/h8-21,27H2,1-7H3. The van der Waals surface area contributed by atoms with Crippen LogP contribution >= 0.6 is 0 Å². The molecule has 0 aromatic carbocycles. The second-order valence-corrected chi connectivity index (χ2v) is 9.37. The van der Waals surface area contributed by atoms with Gasteiger partial charge >= 0.3 is 0 Å². The summed E-state index contributed by atoms with van der Waals surface area (Å²) in [6.45, 7) is 26.7. The Morgan fingerprint density at radius 3 is 1.41 bits per heavy atom. The third-order valence-corrected chi connectivity index (χ3v) is 7.76. The molecule has 0 atom stereocenters. The van der Waals surface area contributed by atoms with Crippen LogP contribution in [-0.4, -0.2) is 89.0 Å². The second-order valence-electron chi connectivity index (χ2n) is 7.96. The van der Waals surface area contributed by atoms with Crippen molar-refractivity contribution in [3.63, 3.8) is 0 Å². The van der Waals surface area contributed by atoms with Crippen molar-refractivity contribution in [2.75, 3.05) is 58.9 Å². The molecule has 0 radical (unpaired) electrons. The predicted molar refractivity (Wildman–Crippen MR) is 125 cm³/mol. The van der Waals surface area contributed by atoms with Crippen LogP contribution in [0.1, 0.15) is 74.1 Å². The molecule has 0 aromatic rings. The summed E-state index contributed by atoms with van der Waals surface area (Å²) in [7, 11) is -0.415. The van der Waals surface area contributed by atoms with Crippen molar-refractivity contribution >= 4 is 9.76 Å². The van der Waals surface area contributed by atoms with Crippen LogP contribution in [0.4, 0.5) is 0 Å². The predicted octanol–water partition coefficient (Wildman–Crippen LogP) is 3.85. The van der Waals surface area contributed by atoms with Gasteiger partial charge in [-0.2, -0.15) is 0 Å². The van der Waals surface area contributed by atoms with Crippen LogP contribution in [-0.2, 0) is 4.43 Å². The van der Waals surface area contributed by atoms with E-state index in [1.165, 1.54) is 77.8 Å².